The molecule has 14 heavy (non-hydrogen) atoms. The summed E-state index contributed by atoms with van der Waals surface area (Å²) in [5.41, 5.74) is -0.554. The average Bonchev–Trinajstić information content (AvgIpc) is 1.93. The summed E-state index contributed by atoms with van der Waals surface area (Å²) in [5, 5.41) is 3.11. The van der Waals surface area contributed by atoms with E-state index in [0.717, 1.165) is 25.8 Å². The molecule has 0 aromatic carbocycles. The first-order valence-corrected chi connectivity index (χ1v) is 6.58. The molecule has 0 aliphatic carbocycles. The van der Waals surface area contributed by atoms with Crippen LogP contribution in [-0.4, -0.2) is 30.8 Å². The lowest BCUT2D eigenvalue weighted by Crippen LogP contribution is -2.45. The van der Waals surface area contributed by atoms with Gasteiger partial charge >= 0.3 is 0 Å². The molecule has 0 bridgehead atoms. The predicted molar refractivity (Wildman–Crippen MR) is 58.0 cm³/mol. The number of unbranched alkanes of at least 4 members (excludes halogenated alkanes) is 2. The zero-order valence-corrected chi connectivity index (χ0v) is 10.0. The van der Waals surface area contributed by atoms with E-state index < -0.39 is 15.7 Å². The molecule has 0 radical (unpaired) electrons. The van der Waals surface area contributed by atoms with Gasteiger partial charge in [-0.25, -0.2) is 0 Å². The summed E-state index contributed by atoms with van der Waals surface area (Å²) in [4.78, 5) is 0. The molecule has 0 spiro atoms. The standard InChI is InChI=1S/C9H21NO3S/c1-4-5-6-7-10-9(2,3)8-14(11,12)13/h10H,4-8H2,1-3H3,(H,11,12,13). The van der Waals surface area contributed by atoms with E-state index in [1.807, 2.05) is 0 Å². The molecule has 0 unspecified atom stereocenters. The van der Waals surface area contributed by atoms with Gasteiger partial charge in [0, 0.05) is 5.54 Å². The molecule has 0 heterocycles. The topological polar surface area (TPSA) is 66.4 Å². The molecule has 0 fully saturated rings. The van der Waals surface area contributed by atoms with E-state index >= 15 is 0 Å². The molecule has 0 aromatic heterocycles. The van der Waals surface area contributed by atoms with Crippen LogP contribution in [0.25, 0.3) is 0 Å². The fourth-order valence-electron chi connectivity index (χ4n) is 1.31. The van der Waals surface area contributed by atoms with Crippen LogP contribution in [0.5, 0.6) is 0 Å². The molecule has 0 aromatic rings. The van der Waals surface area contributed by atoms with Gasteiger partial charge in [-0.3, -0.25) is 4.55 Å². The monoisotopic (exact) mass is 223 g/mol. The molecule has 0 saturated carbocycles. The van der Waals surface area contributed by atoms with Crippen LogP contribution in [0.1, 0.15) is 40.0 Å². The largest absolute Gasteiger partial charge is 0.311 e. The van der Waals surface area contributed by atoms with Crippen molar-refractivity contribution in [2.24, 2.45) is 0 Å². The van der Waals surface area contributed by atoms with Crippen molar-refractivity contribution >= 4 is 10.1 Å². The van der Waals surface area contributed by atoms with Crippen molar-refractivity contribution in [1.82, 2.24) is 5.32 Å². The van der Waals surface area contributed by atoms with E-state index in [-0.39, 0.29) is 5.75 Å². The van der Waals surface area contributed by atoms with Gasteiger partial charge < -0.3 is 5.32 Å². The molecular weight excluding hydrogens is 202 g/mol. The number of rotatable bonds is 7. The van der Waals surface area contributed by atoms with Crippen molar-refractivity contribution in [3.8, 4) is 0 Å². The molecule has 0 rings (SSSR count). The van der Waals surface area contributed by atoms with Crippen LogP contribution in [0.4, 0.5) is 0 Å². The lowest BCUT2D eigenvalue weighted by atomic mass is 10.1. The Labute approximate surface area is 86.8 Å². The van der Waals surface area contributed by atoms with Crippen LogP contribution in [0.2, 0.25) is 0 Å². The fourth-order valence-corrected chi connectivity index (χ4v) is 2.32. The van der Waals surface area contributed by atoms with Gasteiger partial charge in [-0.15, -0.1) is 0 Å². The van der Waals surface area contributed by atoms with Gasteiger partial charge in [0.2, 0.25) is 0 Å². The van der Waals surface area contributed by atoms with Crippen molar-refractivity contribution in [2.75, 3.05) is 12.3 Å². The van der Waals surface area contributed by atoms with E-state index in [1.165, 1.54) is 0 Å². The zero-order valence-electron chi connectivity index (χ0n) is 9.21. The summed E-state index contributed by atoms with van der Waals surface area (Å²) < 4.78 is 30.0. The second-order valence-corrected chi connectivity index (χ2v) is 5.70. The predicted octanol–water partition coefficient (Wildman–Crippen LogP) is 1.43. The van der Waals surface area contributed by atoms with Crippen molar-refractivity contribution in [2.45, 2.75) is 45.6 Å². The van der Waals surface area contributed by atoms with Gasteiger partial charge in [0.15, 0.2) is 0 Å². The maximum Gasteiger partial charge on any atom is 0.266 e. The van der Waals surface area contributed by atoms with Gasteiger partial charge in [0.1, 0.15) is 0 Å². The summed E-state index contributed by atoms with van der Waals surface area (Å²) in [6.45, 7) is 6.44. The van der Waals surface area contributed by atoms with Crippen molar-refractivity contribution in [1.29, 1.82) is 0 Å². The fraction of sp³-hybridized carbons (Fsp3) is 1.00. The van der Waals surface area contributed by atoms with Gasteiger partial charge in [0.25, 0.3) is 10.1 Å². The Kier molecular flexibility index (Phi) is 5.63. The maximum atomic E-state index is 10.7. The third kappa shape index (κ3) is 8.47. The number of hydrogen-bond donors (Lipinski definition) is 2. The minimum atomic E-state index is -3.89. The van der Waals surface area contributed by atoms with E-state index in [1.54, 1.807) is 13.8 Å². The summed E-state index contributed by atoms with van der Waals surface area (Å²) in [6, 6.07) is 0. The van der Waals surface area contributed by atoms with Crippen LogP contribution >= 0.6 is 0 Å². The second kappa shape index (κ2) is 5.68. The molecule has 4 nitrogen and oxygen atoms in total. The third-order valence-corrected chi connectivity index (χ3v) is 3.01. The smallest absolute Gasteiger partial charge is 0.266 e. The highest BCUT2D eigenvalue weighted by Crippen LogP contribution is 2.06. The van der Waals surface area contributed by atoms with Crippen molar-refractivity contribution < 1.29 is 13.0 Å². The first-order valence-electron chi connectivity index (χ1n) is 4.97. The van der Waals surface area contributed by atoms with Crippen LogP contribution in [0, 0.1) is 0 Å². The summed E-state index contributed by atoms with van der Waals surface area (Å²) in [5.74, 6) is -0.244. The third-order valence-electron chi connectivity index (χ3n) is 1.93. The molecule has 0 amide bonds. The lowest BCUT2D eigenvalue weighted by molar-refractivity contribution is 0.398. The van der Waals surface area contributed by atoms with Crippen LogP contribution < -0.4 is 5.32 Å². The second-order valence-electron chi connectivity index (χ2n) is 4.24. The van der Waals surface area contributed by atoms with Crippen LogP contribution in [0.3, 0.4) is 0 Å². The lowest BCUT2D eigenvalue weighted by Gasteiger charge is -2.24. The normalized spacial score (nSPS) is 13.1. The van der Waals surface area contributed by atoms with Gasteiger partial charge in [-0.1, -0.05) is 19.8 Å². The molecule has 2 N–H and O–H groups in total. The SMILES string of the molecule is CCCCCNC(C)(C)CS(=O)(=O)O. The number of nitrogens with one attached hydrogen (secondary N) is 1. The summed E-state index contributed by atoms with van der Waals surface area (Å²) in [6.07, 6.45) is 3.31. The molecule has 0 aliphatic heterocycles. The first-order chi connectivity index (χ1) is 6.27. The Hall–Kier alpha value is -0.130. The van der Waals surface area contributed by atoms with Crippen LogP contribution in [0.15, 0.2) is 0 Å². The molecule has 5 heteroatoms. The Morgan fingerprint density at radius 2 is 1.86 bits per heavy atom. The molecule has 0 saturated heterocycles. The molecule has 0 aliphatic rings. The molecular formula is C9H21NO3S. The Morgan fingerprint density at radius 1 is 1.29 bits per heavy atom. The quantitative estimate of drug-likeness (QED) is 0.506. The Bertz CT molecular complexity index is 247. The van der Waals surface area contributed by atoms with E-state index in [9.17, 15) is 8.42 Å². The highest BCUT2D eigenvalue weighted by molar-refractivity contribution is 7.85. The first kappa shape index (κ1) is 13.9. The molecule has 0 atom stereocenters. The summed E-state index contributed by atoms with van der Waals surface area (Å²) in [7, 11) is -3.89. The number of hydrogen-bond acceptors (Lipinski definition) is 3. The summed E-state index contributed by atoms with van der Waals surface area (Å²) >= 11 is 0. The van der Waals surface area contributed by atoms with Crippen molar-refractivity contribution in [3.63, 3.8) is 0 Å². The van der Waals surface area contributed by atoms with E-state index in [0.29, 0.717) is 0 Å². The van der Waals surface area contributed by atoms with Gasteiger partial charge in [-0.2, -0.15) is 8.42 Å². The van der Waals surface area contributed by atoms with Crippen LogP contribution in [-0.2, 0) is 10.1 Å². The highest BCUT2D eigenvalue weighted by atomic mass is 32.2. The minimum absolute atomic E-state index is 0.244. The van der Waals surface area contributed by atoms with Gasteiger partial charge in [0.05, 0.1) is 5.75 Å². The average molecular weight is 223 g/mol. The highest BCUT2D eigenvalue weighted by Gasteiger charge is 2.23. The van der Waals surface area contributed by atoms with E-state index in [2.05, 4.69) is 12.2 Å². The zero-order chi connectivity index (χ0) is 11.2. The Morgan fingerprint density at radius 3 is 2.29 bits per heavy atom. The molecule has 86 valence electrons. The van der Waals surface area contributed by atoms with Crippen molar-refractivity contribution in [3.05, 3.63) is 0 Å². The van der Waals surface area contributed by atoms with E-state index in [4.69, 9.17) is 4.55 Å². The Balaban J connectivity index is 3.84. The van der Waals surface area contributed by atoms with Gasteiger partial charge in [-0.05, 0) is 26.8 Å². The minimum Gasteiger partial charge on any atom is -0.311 e. The maximum absolute atomic E-state index is 10.7.